The number of hydrogen-bond donors (Lipinski definition) is 0. The Morgan fingerprint density at radius 1 is 1.04 bits per heavy atom. The Labute approximate surface area is 162 Å². The number of carbonyl (C=O) groups excluding carboxylic acids is 2. The molecule has 0 aromatic rings. The van der Waals surface area contributed by atoms with E-state index < -0.39 is 48.5 Å². The van der Waals surface area contributed by atoms with Gasteiger partial charge in [-0.25, -0.2) is 4.90 Å². The van der Waals surface area contributed by atoms with Crippen molar-refractivity contribution in [2.24, 2.45) is 5.41 Å². The lowest BCUT2D eigenvalue weighted by molar-refractivity contribution is -0.292. The highest BCUT2D eigenvalue weighted by Gasteiger charge is 2.60. The van der Waals surface area contributed by atoms with Crippen LogP contribution in [0, 0.1) is 5.41 Å². The largest absolute Gasteiger partial charge is 0.468 e. The molecule has 1 aliphatic rings. The minimum Gasteiger partial charge on any atom is -0.468 e. The van der Waals surface area contributed by atoms with Gasteiger partial charge in [-0.05, 0) is 47.5 Å². The summed E-state index contributed by atoms with van der Waals surface area (Å²) in [5.41, 5.74) is -1.73. The topological polar surface area (TPSA) is 74.3 Å². The van der Waals surface area contributed by atoms with Gasteiger partial charge in [0, 0.05) is 6.54 Å². The highest BCUT2D eigenvalue weighted by Crippen LogP contribution is 2.43. The van der Waals surface area contributed by atoms with Gasteiger partial charge in [0.15, 0.2) is 19.5 Å². The Balaban J connectivity index is 3.40. The molecule has 0 aromatic heterocycles. The highest BCUT2D eigenvalue weighted by atomic mass is 28.2. The molecule has 0 bridgehead atoms. The standard InChI is InChI=1S/C17H35NO6Si2/c1-15(2,3)22-14(20)16(4,5)17(23-25-7,24-26-8)18-11-9-10-12(18)13(19)21-6/h12H,9-11,25-26H2,1-8H3. The molecule has 7 nitrogen and oxygen atoms in total. The summed E-state index contributed by atoms with van der Waals surface area (Å²) in [5, 5.41) is 0. The maximum absolute atomic E-state index is 13.1. The number of esters is 2. The molecule has 9 heteroatoms. The first-order chi connectivity index (χ1) is 12.0. The summed E-state index contributed by atoms with van der Waals surface area (Å²) in [7, 11) is -0.532. The van der Waals surface area contributed by atoms with Crippen LogP contribution < -0.4 is 0 Å². The van der Waals surface area contributed by atoms with E-state index in [9.17, 15) is 9.59 Å². The summed E-state index contributed by atoms with van der Waals surface area (Å²) < 4.78 is 23.2. The molecule has 1 saturated heterocycles. The molecule has 1 heterocycles. The van der Waals surface area contributed by atoms with Gasteiger partial charge in [-0.1, -0.05) is 13.1 Å². The van der Waals surface area contributed by atoms with Crippen LogP contribution >= 0.6 is 0 Å². The van der Waals surface area contributed by atoms with E-state index in [2.05, 4.69) is 0 Å². The van der Waals surface area contributed by atoms with Crippen molar-refractivity contribution >= 4 is 31.5 Å². The van der Waals surface area contributed by atoms with E-state index in [4.69, 9.17) is 18.3 Å². The predicted molar refractivity (Wildman–Crippen MR) is 105 cm³/mol. The van der Waals surface area contributed by atoms with Gasteiger partial charge in [0.2, 0.25) is 5.91 Å². The van der Waals surface area contributed by atoms with E-state index in [1.165, 1.54) is 7.11 Å². The number of likely N-dealkylation sites (tertiary alicyclic amines) is 1. The summed E-state index contributed by atoms with van der Waals surface area (Å²) in [5.74, 6) is -2.02. The van der Waals surface area contributed by atoms with E-state index in [0.717, 1.165) is 6.42 Å². The molecule has 0 N–H and O–H groups in total. The van der Waals surface area contributed by atoms with Crippen molar-refractivity contribution in [1.29, 1.82) is 0 Å². The molecule has 0 aliphatic carbocycles. The Hall–Kier alpha value is -0.746. The second kappa shape index (κ2) is 8.96. The maximum Gasteiger partial charge on any atom is 0.323 e. The van der Waals surface area contributed by atoms with Crippen LogP contribution in [0.25, 0.3) is 0 Å². The monoisotopic (exact) mass is 405 g/mol. The van der Waals surface area contributed by atoms with Gasteiger partial charge in [-0.15, -0.1) is 0 Å². The van der Waals surface area contributed by atoms with Crippen LogP contribution in [0.1, 0.15) is 47.5 Å². The molecule has 0 aromatic carbocycles. The molecular weight excluding hydrogens is 370 g/mol. The van der Waals surface area contributed by atoms with Crippen molar-refractivity contribution in [2.75, 3.05) is 13.7 Å². The van der Waals surface area contributed by atoms with Crippen molar-refractivity contribution in [3.05, 3.63) is 0 Å². The van der Waals surface area contributed by atoms with E-state index in [-0.39, 0.29) is 5.97 Å². The molecule has 1 fully saturated rings. The molecule has 1 unspecified atom stereocenters. The minimum atomic E-state index is -1.30. The highest BCUT2D eigenvalue weighted by molar-refractivity contribution is 6.26. The van der Waals surface area contributed by atoms with Crippen molar-refractivity contribution in [3.8, 4) is 0 Å². The molecule has 1 atom stereocenters. The minimum absolute atomic E-state index is 0.324. The number of rotatable bonds is 8. The third-order valence-electron chi connectivity index (χ3n) is 4.48. The fraction of sp³-hybridized carbons (Fsp3) is 0.882. The van der Waals surface area contributed by atoms with Crippen molar-refractivity contribution < 1.29 is 27.9 Å². The lowest BCUT2D eigenvalue weighted by Crippen LogP contribution is -2.67. The number of carbonyl (C=O) groups is 2. The summed E-state index contributed by atoms with van der Waals surface area (Å²) in [6.45, 7) is 13.6. The van der Waals surface area contributed by atoms with Crippen LogP contribution in [-0.2, 0) is 27.9 Å². The van der Waals surface area contributed by atoms with Crippen LogP contribution in [0.15, 0.2) is 0 Å². The molecule has 0 saturated carbocycles. The molecule has 1 aliphatic heterocycles. The number of nitrogens with zero attached hydrogens (tertiary/aromatic N) is 1. The van der Waals surface area contributed by atoms with Crippen molar-refractivity contribution in [1.82, 2.24) is 4.90 Å². The molecule has 1 rings (SSSR count). The van der Waals surface area contributed by atoms with Gasteiger partial charge < -0.3 is 18.3 Å². The van der Waals surface area contributed by atoms with E-state index >= 15 is 0 Å². The van der Waals surface area contributed by atoms with Gasteiger partial charge in [0.1, 0.15) is 17.1 Å². The normalized spacial score (nSPS) is 22.2. The van der Waals surface area contributed by atoms with E-state index in [0.29, 0.717) is 13.0 Å². The fourth-order valence-electron chi connectivity index (χ4n) is 3.35. The van der Waals surface area contributed by atoms with Crippen LogP contribution in [0.4, 0.5) is 0 Å². The summed E-state index contributed by atoms with van der Waals surface area (Å²) in [4.78, 5) is 27.3. The predicted octanol–water partition coefficient (Wildman–Crippen LogP) is 0.942. The Morgan fingerprint density at radius 3 is 2.00 bits per heavy atom. The Morgan fingerprint density at radius 2 is 1.58 bits per heavy atom. The van der Waals surface area contributed by atoms with Gasteiger partial charge in [-0.3, -0.25) is 9.59 Å². The fourth-order valence-corrected chi connectivity index (χ4v) is 5.52. The SMILES string of the molecule is COC(=O)C1CCCN1C(O[SiH2]C)(O[SiH2]C)C(C)(C)C(=O)OC(C)(C)C. The average molecular weight is 406 g/mol. The van der Waals surface area contributed by atoms with Crippen molar-refractivity contribution in [2.45, 2.75) is 78.1 Å². The average Bonchev–Trinajstić information content (AvgIpc) is 3.01. The first-order valence-electron chi connectivity index (χ1n) is 9.32. The summed E-state index contributed by atoms with van der Waals surface area (Å²) in [6, 6.07) is -0.484. The molecule has 0 radical (unpaired) electrons. The van der Waals surface area contributed by atoms with Crippen molar-refractivity contribution in [3.63, 3.8) is 0 Å². The van der Waals surface area contributed by atoms with Crippen LogP contribution in [-0.4, -0.2) is 67.6 Å². The van der Waals surface area contributed by atoms with Gasteiger partial charge >= 0.3 is 11.9 Å². The molecule has 0 spiro atoms. The Kier molecular flexibility index (Phi) is 8.03. The molecule has 26 heavy (non-hydrogen) atoms. The summed E-state index contributed by atoms with van der Waals surface area (Å²) in [6.07, 6.45) is 1.47. The zero-order chi connectivity index (χ0) is 20.2. The third kappa shape index (κ3) is 4.75. The van der Waals surface area contributed by atoms with E-state index in [1.807, 2.05) is 38.8 Å². The lowest BCUT2D eigenvalue weighted by Gasteiger charge is -2.51. The Bertz CT molecular complexity index is 500. The second-order valence-corrected chi connectivity index (χ2v) is 9.68. The van der Waals surface area contributed by atoms with Crippen LogP contribution in [0.2, 0.25) is 13.1 Å². The molecule has 0 amide bonds. The van der Waals surface area contributed by atoms with Gasteiger partial charge in [-0.2, -0.15) is 0 Å². The number of ether oxygens (including phenoxy) is 2. The third-order valence-corrected chi connectivity index (χ3v) is 5.84. The number of methoxy groups -OCH3 is 1. The zero-order valence-electron chi connectivity index (χ0n) is 17.5. The zero-order valence-corrected chi connectivity index (χ0v) is 20.3. The first-order valence-corrected chi connectivity index (χ1v) is 13.3. The van der Waals surface area contributed by atoms with Crippen LogP contribution in [0.3, 0.4) is 0 Å². The second-order valence-electron chi connectivity index (χ2n) is 7.95. The quantitative estimate of drug-likeness (QED) is 0.338. The van der Waals surface area contributed by atoms with Gasteiger partial charge in [0.05, 0.1) is 7.11 Å². The maximum atomic E-state index is 13.1. The summed E-state index contributed by atoms with van der Waals surface area (Å²) >= 11 is 0. The number of hydrogen-bond acceptors (Lipinski definition) is 7. The lowest BCUT2D eigenvalue weighted by atomic mass is 9.86. The first kappa shape index (κ1) is 23.3. The van der Waals surface area contributed by atoms with Crippen LogP contribution in [0.5, 0.6) is 0 Å². The van der Waals surface area contributed by atoms with Gasteiger partial charge in [0.25, 0.3) is 0 Å². The smallest absolute Gasteiger partial charge is 0.323 e. The molecular formula is C17H35NO6Si2. The van der Waals surface area contributed by atoms with E-state index in [1.54, 1.807) is 13.8 Å². The molecule has 152 valence electrons.